The Labute approximate surface area is 127 Å². The van der Waals surface area contributed by atoms with Gasteiger partial charge in [-0.25, -0.2) is 0 Å². The summed E-state index contributed by atoms with van der Waals surface area (Å²) in [4.78, 5) is 17.0. The van der Waals surface area contributed by atoms with E-state index < -0.39 is 8.25 Å². The smallest absolute Gasteiger partial charge is 0.813 e. The molecule has 0 aliphatic rings. The van der Waals surface area contributed by atoms with Gasteiger partial charge in [0.05, 0.1) is 0 Å². The topological polar surface area (TPSA) is 94.7 Å². The molecule has 4 nitrogen and oxygen atoms in total. The third-order valence-corrected chi connectivity index (χ3v) is 0. The van der Waals surface area contributed by atoms with Crippen molar-refractivity contribution in [3.63, 3.8) is 0 Å². The van der Waals surface area contributed by atoms with Gasteiger partial charge in [-0.2, -0.15) is 0 Å². The van der Waals surface area contributed by atoms with E-state index in [1.54, 1.807) is 0 Å². The summed E-state index contributed by atoms with van der Waals surface area (Å²) in [7, 11) is -3.63. The van der Waals surface area contributed by atoms with Crippen molar-refractivity contribution in [1.82, 2.24) is 0 Å². The summed E-state index contributed by atoms with van der Waals surface area (Å²) >= 11 is 0. The Morgan fingerprint density at radius 2 is 1.14 bits per heavy atom. The van der Waals surface area contributed by atoms with Crippen LogP contribution in [0.5, 0.6) is 0 Å². The summed E-state index contributed by atoms with van der Waals surface area (Å²) in [6, 6.07) is 0. The Balaban J connectivity index is -0.0000000150. The van der Waals surface area contributed by atoms with Gasteiger partial charge < -0.3 is 19.8 Å². The van der Waals surface area contributed by atoms with Crippen LogP contribution in [-0.2, 0) is 4.57 Å². The Bertz CT molecular complexity index is 32.7. The Morgan fingerprint density at radius 1 is 1.14 bits per heavy atom. The van der Waals surface area contributed by atoms with Crippen LogP contribution in [0.25, 0.3) is 0 Å². The van der Waals surface area contributed by atoms with E-state index in [1.807, 2.05) is 0 Å². The first kappa shape index (κ1) is 22.4. The van der Waals surface area contributed by atoms with E-state index in [9.17, 15) is 0 Å². The second kappa shape index (κ2) is 16.2. The van der Waals surface area contributed by atoms with E-state index >= 15 is 0 Å². The molecule has 2 N–H and O–H groups in total. The van der Waals surface area contributed by atoms with E-state index in [0.717, 1.165) is 0 Å². The fourth-order valence-corrected chi connectivity index (χ4v) is 0. The summed E-state index contributed by atoms with van der Waals surface area (Å²) in [5.74, 6) is 0. The van der Waals surface area contributed by atoms with Crippen LogP contribution in [0.15, 0.2) is 0 Å². The average Bonchev–Trinajstić information content (AvgIpc) is 0.811. The summed E-state index contributed by atoms with van der Waals surface area (Å²) in [5.41, 5.74) is 0. The predicted octanol–water partition coefficient (Wildman–Crippen LogP) is -8.72. The molecule has 0 unspecified atom stereocenters. The fourth-order valence-electron chi connectivity index (χ4n) is 0. The summed E-state index contributed by atoms with van der Waals surface area (Å²) in [6.45, 7) is 0. The number of hydrogen-bond acceptors (Lipinski definition) is 3. The quantitative estimate of drug-likeness (QED) is 0.271. The molecule has 0 aromatic carbocycles. The van der Waals surface area contributed by atoms with Crippen LogP contribution >= 0.6 is 8.25 Å². The molecule has 0 fully saturated rings. The van der Waals surface area contributed by atoms with Crippen LogP contribution in [-0.4, -0.2) is 5.48 Å². The number of rotatable bonds is 0. The minimum atomic E-state index is -3.63. The second-order valence-corrected chi connectivity index (χ2v) is 0.750. The minimum absolute atomic E-state index is 0. The van der Waals surface area contributed by atoms with Crippen LogP contribution in [0, 0.1) is 0 Å². The van der Waals surface area contributed by atoms with Gasteiger partial charge in [0.15, 0.2) is 0 Å². The molecule has 0 saturated carbocycles. The van der Waals surface area contributed by atoms with Gasteiger partial charge in [-0.05, 0) is 0 Å². The van der Waals surface area contributed by atoms with Crippen LogP contribution in [0.1, 0.15) is 0 Å². The van der Waals surface area contributed by atoms with Crippen LogP contribution in [0.4, 0.5) is 0 Å². The van der Waals surface area contributed by atoms with E-state index in [-0.39, 0.29) is 108 Å². The second-order valence-electron chi connectivity index (χ2n) is 0.250. The third-order valence-electron chi connectivity index (χ3n) is 0. The molecule has 0 amide bonds. The average molecular weight is 176 g/mol. The van der Waals surface area contributed by atoms with Gasteiger partial charge in [-0.3, -0.25) is 0 Å². The van der Waals surface area contributed by atoms with Crippen LogP contribution < -0.4 is 113 Å². The van der Waals surface area contributed by atoms with Crippen molar-refractivity contribution < 1.29 is 123 Å². The van der Waals surface area contributed by atoms with Crippen LogP contribution in [0.3, 0.4) is 0 Å². The maximum absolute atomic E-state index is 8.52. The summed E-state index contributed by atoms with van der Waals surface area (Å²) in [5, 5.41) is 0. The fraction of sp³-hybridized carbons (Fsp3) is 0. The van der Waals surface area contributed by atoms with Crippen molar-refractivity contribution in [2.45, 2.75) is 0 Å². The molecule has 34 valence electrons. The Kier molecular flexibility index (Phi) is 51.9. The Hall–Kier alpha value is 3.38. The third kappa shape index (κ3) is 44.7. The molecule has 0 rings (SSSR count). The van der Waals surface area contributed by atoms with E-state index in [0.29, 0.717) is 0 Å². The number of hydrogen-bond donors (Lipinski definition) is 0. The zero-order valence-corrected chi connectivity index (χ0v) is 11.5. The van der Waals surface area contributed by atoms with Crippen LogP contribution in [0.2, 0.25) is 0 Å². The molecule has 0 bridgehead atoms. The molecule has 0 radical (unpaired) electrons. The first-order valence-electron chi connectivity index (χ1n) is 0.612. The van der Waals surface area contributed by atoms with Gasteiger partial charge in [0, 0.05) is 0 Å². The molecule has 7 heteroatoms. The predicted molar refractivity (Wildman–Crippen MR) is 12.6 cm³/mol. The van der Waals surface area contributed by atoms with Crippen molar-refractivity contribution in [2.24, 2.45) is 0 Å². The standard InChI is InChI=1S/2K.H3O3P.H2O/c;;1-4(2)3;/h;;4H,(H2,1,2,3);1H2/q2*+1;;/p-2. The summed E-state index contributed by atoms with van der Waals surface area (Å²) in [6.07, 6.45) is 0. The van der Waals surface area contributed by atoms with Gasteiger partial charge in [0.2, 0.25) is 0 Å². The van der Waals surface area contributed by atoms with E-state index in [4.69, 9.17) is 14.4 Å². The molecule has 0 aliphatic heterocycles. The zero-order valence-electron chi connectivity index (χ0n) is 4.22. The van der Waals surface area contributed by atoms with Crippen molar-refractivity contribution in [2.75, 3.05) is 0 Å². The van der Waals surface area contributed by atoms with Gasteiger partial charge in [-0.15, -0.1) is 0 Å². The molecule has 0 heterocycles. The van der Waals surface area contributed by atoms with Gasteiger partial charge in [0.1, 0.15) is 0 Å². The van der Waals surface area contributed by atoms with E-state index in [2.05, 4.69) is 0 Å². The molecule has 0 aliphatic carbocycles. The first-order valence-corrected chi connectivity index (χ1v) is 1.84. The zero-order chi connectivity index (χ0) is 3.58. The molecule has 0 atom stereocenters. The largest absolute Gasteiger partial charge is 1.00 e. The Morgan fingerprint density at radius 3 is 1.14 bits per heavy atom. The molecule has 0 aromatic heterocycles. The van der Waals surface area contributed by atoms with Crippen molar-refractivity contribution in [1.29, 1.82) is 0 Å². The molecule has 0 aromatic rings. The monoisotopic (exact) mass is 176 g/mol. The molecule has 0 spiro atoms. The first-order chi connectivity index (χ1) is 1.73. The molecule has 7 heavy (non-hydrogen) atoms. The normalized spacial score (nSPS) is 5.00. The molecular weight excluding hydrogens is 173 g/mol. The van der Waals surface area contributed by atoms with E-state index in [1.165, 1.54) is 0 Å². The summed E-state index contributed by atoms with van der Waals surface area (Å²) < 4.78 is 8.52. The van der Waals surface area contributed by atoms with Crippen molar-refractivity contribution in [3.05, 3.63) is 0 Å². The maximum Gasteiger partial charge on any atom is 1.00 e. The van der Waals surface area contributed by atoms with Gasteiger partial charge in [0.25, 0.3) is 0 Å². The van der Waals surface area contributed by atoms with Crippen molar-refractivity contribution in [3.8, 4) is 0 Å². The maximum atomic E-state index is 8.52. The van der Waals surface area contributed by atoms with Gasteiger partial charge in [-0.1, -0.05) is 8.25 Å². The SMILES string of the molecule is O.O=[PH]([O-])[O-].[K+].[K+]. The van der Waals surface area contributed by atoms with Crippen molar-refractivity contribution >= 4 is 8.25 Å². The molecule has 0 saturated heterocycles. The minimum Gasteiger partial charge on any atom is -0.813 e. The molecular formula is H3K2O4P. The van der Waals surface area contributed by atoms with Gasteiger partial charge >= 0.3 is 103 Å².